The number of carbonyl (C=O) groups excluding carboxylic acids is 2. The van der Waals surface area contributed by atoms with Gasteiger partial charge in [0.05, 0.1) is 6.42 Å². The van der Waals surface area contributed by atoms with Crippen LogP contribution in [0.1, 0.15) is 36.0 Å². The zero-order chi connectivity index (χ0) is 20.2. The molecule has 2 amide bonds. The van der Waals surface area contributed by atoms with E-state index in [-0.39, 0.29) is 30.1 Å². The second-order valence-electron chi connectivity index (χ2n) is 7.93. The lowest BCUT2D eigenvalue weighted by molar-refractivity contribution is -0.121. The Hall–Kier alpha value is -2.73. The first-order valence-corrected chi connectivity index (χ1v) is 10.2. The van der Waals surface area contributed by atoms with Crippen molar-refractivity contribution in [3.05, 3.63) is 65.0 Å². The Labute approximate surface area is 170 Å². The number of likely N-dealkylation sites (tertiary alicyclic amines) is 1. The van der Waals surface area contributed by atoms with E-state index in [1.165, 1.54) is 17.2 Å². The number of anilines is 1. The van der Waals surface area contributed by atoms with Crippen LogP contribution in [0, 0.1) is 5.82 Å². The molecule has 6 heteroatoms. The first-order valence-electron chi connectivity index (χ1n) is 10.2. The molecule has 2 aromatic rings. The third-order valence-electron chi connectivity index (χ3n) is 5.74. The molecule has 0 aromatic heterocycles. The Morgan fingerprint density at radius 2 is 1.93 bits per heavy atom. The van der Waals surface area contributed by atoms with E-state index in [0.717, 1.165) is 44.6 Å². The van der Waals surface area contributed by atoms with E-state index in [0.29, 0.717) is 12.0 Å². The van der Waals surface area contributed by atoms with Crippen LogP contribution in [-0.4, -0.2) is 35.8 Å². The standard InChI is InChI=1S/C23H26FN3O2/c24-20-4-2-1-3-18(20)14-23(29)25-19-9-11-27(12-10-19)15-16-5-6-17-7-8-22(28)26-21(17)13-16/h1-6,13,19H,7-12,14-15H2,(H,25,29)(H,26,28). The molecule has 4 rings (SSSR count). The minimum atomic E-state index is -0.335. The fourth-order valence-electron chi connectivity index (χ4n) is 4.10. The molecule has 152 valence electrons. The molecule has 1 saturated heterocycles. The van der Waals surface area contributed by atoms with Gasteiger partial charge in [0, 0.05) is 37.8 Å². The molecule has 2 aliphatic heterocycles. The van der Waals surface area contributed by atoms with E-state index < -0.39 is 0 Å². The Bertz CT molecular complexity index is 907. The van der Waals surface area contributed by atoms with E-state index >= 15 is 0 Å². The fourth-order valence-corrected chi connectivity index (χ4v) is 4.10. The molecule has 0 bridgehead atoms. The first-order chi connectivity index (χ1) is 14.1. The van der Waals surface area contributed by atoms with Crippen LogP contribution in [0.15, 0.2) is 42.5 Å². The second kappa shape index (κ2) is 8.74. The number of rotatable bonds is 5. The van der Waals surface area contributed by atoms with Crippen molar-refractivity contribution in [2.24, 2.45) is 0 Å². The van der Waals surface area contributed by atoms with Gasteiger partial charge in [0.15, 0.2) is 0 Å². The Morgan fingerprint density at radius 1 is 1.14 bits per heavy atom. The smallest absolute Gasteiger partial charge is 0.224 e. The minimum absolute atomic E-state index is 0.0771. The van der Waals surface area contributed by atoms with Crippen LogP contribution in [0.25, 0.3) is 0 Å². The summed E-state index contributed by atoms with van der Waals surface area (Å²) in [6.07, 6.45) is 3.20. The maximum atomic E-state index is 13.7. The molecule has 0 aliphatic carbocycles. The molecule has 5 nitrogen and oxygen atoms in total. The highest BCUT2D eigenvalue weighted by atomic mass is 19.1. The van der Waals surface area contributed by atoms with Crippen molar-refractivity contribution >= 4 is 17.5 Å². The zero-order valence-corrected chi connectivity index (χ0v) is 16.4. The average Bonchev–Trinajstić information content (AvgIpc) is 2.71. The number of nitrogens with zero attached hydrogens (tertiary/aromatic N) is 1. The van der Waals surface area contributed by atoms with Crippen LogP contribution >= 0.6 is 0 Å². The van der Waals surface area contributed by atoms with Crippen LogP contribution in [-0.2, 0) is 29.0 Å². The summed E-state index contributed by atoms with van der Waals surface area (Å²) < 4.78 is 13.7. The molecule has 0 atom stereocenters. The molecule has 1 fully saturated rings. The summed E-state index contributed by atoms with van der Waals surface area (Å²) in [5.74, 6) is -0.376. The van der Waals surface area contributed by atoms with Gasteiger partial charge >= 0.3 is 0 Å². The molecule has 0 radical (unpaired) electrons. The number of carbonyl (C=O) groups is 2. The highest BCUT2D eigenvalue weighted by Gasteiger charge is 2.22. The molecule has 2 aliphatic rings. The number of amides is 2. The van der Waals surface area contributed by atoms with Gasteiger partial charge < -0.3 is 10.6 Å². The average molecular weight is 395 g/mol. The third kappa shape index (κ3) is 5.01. The van der Waals surface area contributed by atoms with Crippen LogP contribution in [0.2, 0.25) is 0 Å². The lowest BCUT2D eigenvalue weighted by Crippen LogP contribution is -2.44. The number of hydrogen-bond acceptors (Lipinski definition) is 3. The quantitative estimate of drug-likeness (QED) is 0.818. The Morgan fingerprint density at radius 3 is 2.72 bits per heavy atom. The van der Waals surface area contributed by atoms with Gasteiger partial charge in [-0.15, -0.1) is 0 Å². The van der Waals surface area contributed by atoms with Crippen molar-refractivity contribution in [3.63, 3.8) is 0 Å². The van der Waals surface area contributed by atoms with E-state index in [1.54, 1.807) is 18.2 Å². The molecule has 2 aromatic carbocycles. The number of hydrogen-bond donors (Lipinski definition) is 2. The maximum Gasteiger partial charge on any atom is 0.224 e. The van der Waals surface area contributed by atoms with E-state index in [9.17, 15) is 14.0 Å². The monoisotopic (exact) mass is 395 g/mol. The van der Waals surface area contributed by atoms with Crippen molar-refractivity contribution in [2.45, 2.75) is 44.7 Å². The molecular weight excluding hydrogens is 369 g/mol. The van der Waals surface area contributed by atoms with Gasteiger partial charge in [-0.2, -0.15) is 0 Å². The van der Waals surface area contributed by atoms with Crippen molar-refractivity contribution in [2.75, 3.05) is 18.4 Å². The summed E-state index contributed by atoms with van der Waals surface area (Å²) in [6.45, 7) is 2.63. The van der Waals surface area contributed by atoms with Crippen molar-refractivity contribution in [1.82, 2.24) is 10.2 Å². The van der Waals surface area contributed by atoms with Crippen LogP contribution in [0.4, 0.5) is 10.1 Å². The number of fused-ring (bicyclic) bond motifs is 1. The summed E-state index contributed by atoms with van der Waals surface area (Å²) in [5.41, 5.74) is 3.76. The van der Waals surface area contributed by atoms with Gasteiger partial charge in [0.25, 0.3) is 0 Å². The predicted octanol–water partition coefficient (Wildman–Crippen LogP) is 3.03. The molecule has 2 heterocycles. The lowest BCUT2D eigenvalue weighted by atomic mass is 9.99. The van der Waals surface area contributed by atoms with Gasteiger partial charge in [-0.25, -0.2) is 4.39 Å². The minimum Gasteiger partial charge on any atom is -0.353 e. The van der Waals surface area contributed by atoms with Gasteiger partial charge in [-0.05, 0) is 48.1 Å². The normalized spacial score (nSPS) is 17.5. The molecule has 0 unspecified atom stereocenters. The van der Waals surface area contributed by atoms with Gasteiger partial charge in [-0.1, -0.05) is 30.3 Å². The summed E-state index contributed by atoms with van der Waals surface area (Å²) in [5, 5.41) is 6.00. The fraction of sp³-hybridized carbons (Fsp3) is 0.391. The lowest BCUT2D eigenvalue weighted by Gasteiger charge is -2.32. The molecular formula is C23H26FN3O2. The predicted molar refractivity (Wildman–Crippen MR) is 110 cm³/mol. The highest BCUT2D eigenvalue weighted by Crippen LogP contribution is 2.25. The third-order valence-corrected chi connectivity index (χ3v) is 5.74. The SMILES string of the molecule is O=C1CCc2ccc(CN3CCC(NC(=O)Cc4ccccc4F)CC3)cc2N1. The number of halogens is 1. The van der Waals surface area contributed by atoms with Crippen LogP contribution in [0.5, 0.6) is 0 Å². The number of aryl methyl sites for hydroxylation is 1. The van der Waals surface area contributed by atoms with Crippen molar-refractivity contribution < 1.29 is 14.0 Å². The number of nitrogens with one attached hydrogen (secondary N) is 2. The van der Waals surface area contributed by atoms with Gasteiger partial charge in [0.2, 0.25) is 11.8 Å². The summed E-state index contributed by atoms with van der Waals surface area (Å²) in [7, 11) is 0. The molecule has 0 spiro atoms. The van der Waals surface area contributed by atoms with Crippen molar-refractivity contribution in [1.29, 1.82) is 0 Å². The highest BCUT2D eigenvalue weighted by molar-refractivity contribution is 5.93. The molecule has 0 saturated carbocycles. The van der Waals surface area contributed by atoms with Crippen LogP contribution in [0.3, 0.4) is 0 Å². The van der Waals surface area contributed by atoms with E-state index in [2.05, 4.69) is 33.7 Å². The molecule has 29 heavy (non-hydrogen) atoms. The Balaban J connectivity index is 1.25. The maximum absolute atomic E-state index is 13.7. The summed E-state index contributed by atoms with van der Waals surface area (Å²) in [6, 6.07) is 12.9. The van der Waals surface area contributed by atoms with Gasteiger partial charge in [0.1, 0.15) is 5.82 Å². The van der Waals surface area contributed by atoms with E-state index in [4.69, 9.17) is 0 Å². The molecule has 2 N–H and O–H groups in total. The second-order valence-corrected chi connectivity index (χ2v) is 7.93. The van der Waals surface area contributed by atoms with Crippen molar-refractivity contribution in [3.8, 4) is 0 Å². The topological polar surface area (TPSA) is 61.4 Å². The van der Waals surface area contributed by atoms with Gasteiger partial charge in [-0.3, -0.25) is 14.5 Å². The number of benzene rings is 2. The summed E-state index contributed by atoms with van der Waals surface area (Å²) >= 11 is 0. The van der Waals surface area contributed by atoms with Crippen LogP contribution < -0.4 is 10.6 Å². The van der Waals surface area contributed by atoms with E-state index in [1.807, 2.05) is 0 Å². The zero-order valence-electron chi connectivity index (χ0n) is 16.4. The number of piperidine rings is 1. The first kappa shape index (κ1) is 19.6. The Kier molecular flexibility index (Phi) is 5.90. The largest absolute Gasteiger partial charge is 0.353 e. The summed E-state index contributed by atoms with van der Waals surface area (Å²) in [4.78, 5) is 26.2.